The van der Waals surface area contributed by atoms with E-state index in [4.69, 9.17) is 9.31 Å². The quantitative estimate of drug-likeness (QED) is 0.413. The molecule has 0 aliphatic carbocycles. The predicted molar refractivity (Wildman–Crippen MR) is 146 cm³/mol. The molecule has 1 aromatic heterocycles. The second-order valence-corrected chi connectivity index (χ2v) is 10.7. The number of carbonyl (C=O) groups is 4. The highest BCUT2D eigenvalue weighted by Crippen LogP contribution is 2.21. The smallest absolute Gasteiger partial charge is 0.497 e. The lowest BCUT2D eigenvalue weighted by Gasteiger charge is -2.43. The highest BCUT2D eigenvalue weighted by Gasteiger charge is 2.49. The molecule has 4 atom stereocenters. The van der Waals surface area contributed by atoms with E-state index in [-0.39, 0.29) is 18.0 Å². The highest BCUT2D eigenvalue weighted by molar-refractivity contribution is 6.51. The summed E-state index contributed by atoms with van der Waals surface area (Å²) >= 11 is 0. The van der Waals surface area contributed by atoms with Crippen molar-refractivity contribution in [2.75, 3.05) is 27.2 Å². The van der Waals surface area contributed by atoms with E-state index in [9.17, 15) is 19.2 Å². The molecule has 2 aliphatic heterocycles. The molecule has 2 fully saturated rings. The molecule has 2 amide bonds. The maximum absolute atomic E-state index is 13.7. The second-order valence-electron chi connectivity index (χ2n) is 10.7. The lowest BCUT2D eigenvalue weighted by Crippen LogP contribution is -2.66. The largest absolute Gasteiger partial charge is 0.622 e. The summed E-state index contributed by atoms with van der Waals surface area (Å²) in [7, 11) is 2.21. The predicted octanol–water partition coefficient (Wildman–Crippen LogP) is 0.0904. The Morgan fingerprint density at radius 3 is 2.25 bits per heavy atom. The van der Waals surface area contributed by atoms with Gasteiger partial charge >= 0.3 is 19.1 Å². The number of carbonyl (C=O) groups excluding carboxylic acids is 4. The Morgan fingerprint density at radius 2 is 1.68 bits per heavy atom. The first-order chi connectivity index (χ1) is 19.1. The van der Waals surface area contributed by atoms with Gasteiger partial charge in [0.1, 0.15) is 23.8 Å². The second kappa shape index (κ2) is 13.0. The van der Waals surface area contributed by atoms with Gasteiger partial charge in [0.25, 0.3) is 5.91 Å². The fraction of sp³-hybridized carbons (Fsp3) is 0.481. The third-order valence-electron chi connectivity index (χ3n) is 7.04. The molecule has 0 radical (unpaired) electrons. The van der Waals surface area contributed by atoms with Crippen LogP contribution in [0.15, 0.2) is 48.9 Å². The van der Waals surface area contributed by atoms with E-state index >= 15 is 0 Å². The zero-order chi connectivity index (χ0) is 28.8. The van der Waals surface area contributed by atoms with Crippen molar-refractivity contribution in [1.82, 2.24) is 30.4 Å². The zero-order valence-corrected chi connectivity index (χ0v) is 23.1. The molecule has 0 spiro atoms. The average Bonchev–Trinajstić information content (AvgIpc) is 2.93. The summed E-state index contributed by atoms with van der Waals surface area (Å²) in [4.78, 5) is 64.4. The van der Waals surface area contributed by atoms with Gasteiger partial charge in [-0.25, -0.2) is 4.98 Å². The van der Waals surface area contributed by atoms with Crippen molar-refractivity contribution in [3.63, 3.8) is 0 Å². The zero-order valence-electron chi connectivity index (χ0n) is 23.1. The van der Waals surface area contributed by atoms with E-state index in [0.29, 0.717) is 19.5 Å². The van der Waals surface area contributed by atoms with Crippen molar-refractivity contribution < 1.29 is 28.5 Å². The number of nitrogens with zero attached hydrogens (tertiary/aromatic N) is 4. The van der Waals surface area contributed by atoms with Crippen LogP contribution in [-0.2, 0) is 30.1 Å². The Balaban J connectivity index is 1.56. The number of piperazine rings is 1. The lowest BCUT2D eigenvalue weighted by atomic mass is 9.73. The van der Waals surface area contributed by atoms with Gasteiger partial charge in [0, 0.05) is 31.9 Å². The molecular formula is C27H35BN6O6. The SMILES string of the molecule is CC(C)CC(NC(=O)C(Cc1ccccc1)NC(=O)c1cnccn1)B1OC(=O)[C@H]2CN(C)C[C@@H](C(=O)O1)N2C. The van der Waals surface area contributed by atoms with Crippen LogP contribution in [0.3, 0.4) is 0 Å². The van der Waals surface area contributed by atoms with Crippen LogP contribution >= 0.6 is 0 Å². The number of amides is 2. The third-order valence-corrected chi connectivity index (χ3v) is 7.04. The molecule has 12 nitrogen and oxygen atoms in total. The molecular weight excluding hydrogens is 515 g/mol. The number of benzene rings is 1. The minimum absolute atomic E-state index is 0.0585. The van der Waals surface area contributed by atoms with E-state index in [1.165, 1.54) is 18.6 Å². The summed E-state index contributed by atoms with van der Waals surface area (Å²) in [6, 6.07) is 6.96. The summed E-state index contributed by atoms with van der Waals surface area (Å²) in [5.41, 5.74) is 0.891. The molecule has 13 heteroatoms. The molecule has 2 bridgehead atoms. The van der Waals surface area contributed by atoms with Gasteiger partial charge in [-0.1, -0.05) is 44.2 Å². The van der Waals surface area contributed by atoms with Crippen LogP contribution in [0.1, 0.15) is 36.3 Å². The van der Waals surface area contributed by atoms with Crippen LogP contribution < -0.4 is 10.6 Å². The molecule has 3 heterocycles. The first-order valence-corrected chi connectivity index (χ1v) is 13.3. The van der Waals surface area contributed by atoms with Gasteiger partial charge in [-0.2, -0.15) is 0 Å². The molecule has 4 rings (SSSR count). The van der Waals surface area contributed by atoms with Gasteiger partial charge in [0.05, 0.1) is 12.1 Å². The molecule has 2 saturated heterocycles. The molecule has 0 saturated carbocycles. The fourth-order valence-electron chi connectivity index (χ4n) is 4.93. The number of hydrogen-bond acceptors (Lipinski definition) is 10. The van der Waals surface area contributed by atoms with Crippen molar-refractivity contribution in [3.05, 3.63) is 60.2 Å². The number of hydrogen-bond donors (Lipinski definition) is 2. The topological polar surface area (TPSA) is 143 Å². The number of likely N-dealkylation sites (N-methyl/N-ethyl adjacent to an activating group) is 2. The Morgan fingerprint density at radius 1 is 1.02 bits per heavy atom. The van der Waals surface area contributed by atoms with Crippen LogP contribution in [0, 0.1) is 5.92 Å². The van der Waals surface area contributed by atoms with Gasteiger partial charge < -0.3 is 24.8 Å². The van der Waals surface area contributed by atoms with Crippen LogP contribution in [0.2, 0.25) is 0 Å². The molecule has 212 valence electrons. The van der Waals surface area contributed by atoms with Gasteiger partial charge in [-0.05, 0) is 32.0 Å². The monoisotopic (exact) mass is 550 g/mol. The molecule has 2 aliphatic rings. The van der Waals surface area contributed by atoms with Crippen molar-refractivity contribution in [2.45, 2.75) is 50.8 Å². The maximum Gasteiger partial charge on any atom is 0.622 e. The van der Waals surface area contributed by atoms with E-state index in [2.05, 4.69) is 20.6 Å². The van der Waals surface area contributed by atoms with Crippen molar-refractivity contribution in [2.24, 2.45) is 5.92 Å². The summed E-state index contributed by atoms with van der Waals surface area (Å²) in [5, 5.41) is 5.65. The number of fused-ring (bicyclic) bond motifs is 2. The normalized spacial score (nSPS) is 21.5. The van der Waals surface area contributed by atoms with Crippen LogP contribution in [-0.4, -0.2) is 102 Å². The Hall–Kier alpha value is -3.84. The molecule has 2 N–H and O–H groups in total. The van der Waals surface area contributed by atoms with Crippen LogP contribution in [0.5, 0.6) is 0 Å². The molecule has 40 heavy (non-hydrogen) atoms. The minimum atomic E-state index is -1.32. The van der Waals surface area contributed by atoms with Crippen molar-refractivity contribution in [1.29, 1.82) is 0 Å². The Kier molecular flexibility index (Phi) is 9.48. The van der Waals surface area contributed by atoms with E-state index in [0.717, 1.165) is 5.56 Å². The van der Waals surface area contributed by atoms with Gasteiger partial charge in [0.2, 0.25) is 5.91 Å². The number of aromatic nitrogens is 2. The van der Waals surface area contributed by atoms with Crippen LogP contribution in [0.25, 0.3) is 0 Å². The van der Waals surface area contributed by atoms with Gasteiger partial charge in [-0.3, -0.25) is 29.1 Å². The molecule has 2 aromatic rings. The summed E-state index contributed by atoms with van der Waals surface area (Å²) in [6.45, 7) is 4.70. The summed E-state index contributed by atoms with van der Waals surface area (Å²) in [5.74, 6) is -2.92. The van der Waals surface area contributed by atoms with E-state index < -0.39 is 54.9 Å². The fourth-order valence-corrected chi connectivity index (χ4v) is 4.93. The van der Waals surface area contributed by atoms with Gasteiger partial charge in [-0.15, -0.1) is 0 Å². The minimum Gasteiger partial charge on any atom is -0.497 e. The van der Waals surface area contributed by atoms with Crippen LogP contribution in [0.4, 0.5) is 0 Å². The summed E-state index contributed by atoms with van der Waals surface area (Å²) in [6.07, 6.45) is 4.70. The Bertz CT molecular complexity index is 1170. The lowest BCUT2D eigenvalue weighted by molar-refractivity contribution is -0.159. The Labute approximate surface area is 234 Å². The summed E-state index contributed by atoms with van der Waals surface area (Å²) < 4.78 is 11.4. The van der Waals surface area contributed by atoms with E-state index in [1.807, 2.05) is 56.1 Å². The maximum atomic E-state index is 13.7. The molecule has 2 unspecified atom stereocenters. The first kappa shape index (κ1) is 29.2. The third kappa shape index (κ3) is 7.22. The average molecular weight is 550 g/mol. The standard InChI is InChI=1S/C27H35BN6O6/c1-17(2)12-23(28-39-26(37)21-15-33(3)16-22(34(21)4)27(38)40-28)32-24(35)19(13-18-8-6-5-7-9-18)31-25(36)20-14-29-10-11-30-20/h5-11,14,17,19,21-23H,12-13,15-16H2,1-4H3,(H,31,36)(H,32,35)/t19?,21-,22+,23?. The number of rotatable bonds is 9. The molecule has 1 aromatic carbocycles. The number of nitrogens with one attached hydrogen (secondary N) is 2. The van der Waals surface area contributed by atoms with Crippen molar-refractivity contribution in [3.8, 4) is 0 Å². The van der Waals surface area contributed by atoms with Gasteiger partial charge in [0.15, 0.2) is 0 Å². The van der Waals surface area contributed by atoms with Crippen molar-refractivity contribution >= 4 is 30.9 Å². The first-order valence-electron chi connectivity index (χ1n) is 13.3. The highest BCUT2D eigenvalue weighted by atomic mass is 16.6. The van der Waals surface area contributed by atoms with E-state index in [1.54, 1.807) is 11.9 Å².